The molecule has 0 aliphatic carbocycles. The zero-order chi connectivity index (χ0) is 13.9. The molecule has 0 radical (unpaired) electrons. The van der Waals surface area contributed by atoms with Crippen LogP contribution in [0.3, 0.4) is 0 Å². The van der Waals surface area contributed by atoms with Gasteiger partial charge in [0, 0.05) is 5.56 Å². The molecule has 0 spiro atoms. The molecule has 0 aromatic heterocycles. The first-order valence-corrected chi connectivity index (χ1v) is 8.41. The van der Waals surface area contributed by atoms with Gasteiger partial charge < -0.3 is 4.48 Å². The van der Waals surface area contributed by atoms with Gasteiger partial charge in [-0.05, 0) is 6.92 Å². The molecule has 1 aliphatic rings. The standard InChI is InChI=1S/C14H23N2O2S/c1-3-19(17,18)15-9-11-16(2,12-10-15)13-14-7-5-4-6-8-14/h4-8H,3,9-13H2,1-2H3/q+1. The lowest BCUT2D eigenvalue weighted by Gasteiger charge is -2.41. The molecule has 1 heterocycles. The summed E-state index contributed by atoms with van der Waals surface area (Å²) in [6, 6.07) is 10.4. The third-order valence-electron chi connectivity index (χ3n) is 3.94. The molecule has 19 heavy (non-hydrogen) atoms. The van der Waals surface area contributed by atoms with Gasteiger partial charge in [0.1, 0.15) is 6.54 Å². The number of quaternary nitrogens is 1. The summed E-state index contributed by atoms with van der Waals surface area (Å²) in [6.45, 7) is 5.73. The van der Waals surface area contributed by atoms with Gasteiger partial charge in [0.2, 0.25) is 10.0 Å². The zero-order valence-corrected chi connectivity index (χ0v) is 12.6. The average Bonchev–Trinajstić information content (AvgIpc) is 2.40. The molecule has 0 bridgehead atoms. The average molecular weight is 283 g/mol. The molecule has 0 atom stereocenters. The van der Waals surface area contributed by atoms with E-state index in [1.165, 1.54) is 5.56 Å². The molecule has 4 nitrogen and oxygen atoms in total. The minimum atomic E-state index is -3.02. The zero-order valence-electron chi connectivity index (χ0n) is 11.7. The largest absolute Gasteiger partial charge is 0.320 e. The lowest BCUT2D eigenvalue weighted by molar-refractivity contribution is -0.925. The van der Waals surface area contributed by atoms with E-state index >= 15 is 0 Å². The number of hydrogen-bond acceptors (Lipinski definition) is 2. The first-order valence-electron chi connectivity index (χ1n) is 6.80. The maximum atomic E-state index is 11.8. The number of likely N-dealkylation sites (N-methyl/N-ethyl adjacent to an activating group) is 1. The molecule has 0 amide bonds. The minimum Gasteiger partial charge on any atom is -0.320 e. The highest BCUT2D eigenvalue weighted by molar-refractivity contribution is 7.89. The summed E-state index contributed by atoms with van der Waals surface area (Å²) in [5.41, 5.74) is 1.32. The van der Waals surface area contributed by atoms with Crippen molar-refractivity contribution in [2.45, 2.75) is 13.5 Å². The second kappa shape index (κ2) is 5.61. The monoisotopic (exact) mass is 283 g/mol. The van der Waals surface area contributed by atoms with E-state index in [0.717, 1.165) is 24.1 Å². The van der Waals surface area contributed by atoms with E-state index in [9.17, 15) is 8.42 Å². The molecule has 0 N–H and O–H groups in total. The molecule has 2 rings (SSSR count). The number of sulfonamides is 1. The van der Waals surface area contributed by atoms with Crippen LogP contribution in [-0.4, -0.2) is 56.2 Å². The van der Waals surface area contributed by atoms with Gasteiger partial charge in [0.25, 0.3) is 0 Å². The van der Waals surface area contributed by atoms with Crippen molar-refractivity contribution in [1.82, 2.24) is 4.31 Å². The lowest BCUT2D eigenvalue weighted by atomic mass is 10.1. The van der Waals surface area contributed by atoms with Crippen LogP contribution in [0.5, 0.6) is 0 Å². The SMILES string of the molecule is CCS(=O)(=O)N1CC[N+](C)(Cc2ccccc2)CC1. The predicted molar refractivity (Wildman–Crippen MR) is 77.1 cm³/mol. The van der Waals surface area contributed by atoms with Gasteiger partial charge in [-0.25, -0.2) is 8.42 Å². The van der Waals surface area contributed by atoms with E-state index in [0.29, 0.717) is 13.1 Å². The Morgan fingerprint density at radius 2 is 1.74 bits per heavy atom. The summed E-state index contributed by atoms with van der Waals surface area (Å²) >= 11 is 0. The number of nitrogens with zero attached hydrogens (tertiary/aromatic N) is 2. The van der Waals surface area contributed by atoms with Gasteiger partial charge in [-0.3, -0.25) is 0 Å². The van der Waals surface area contributed by atoms with Crippen molar-refractivity contribution in [3.8, 4) is 0 Å². The number of rotatable bonds is 4. The van der Waals surface area contributed by atoms with Crippen molar-refractivity contribution in [3.63, 3.8) is 0 Å². The smallest absolute Gasteiger partial charge is 0.214 e. The van der Waals surface area contributed by atoms with Crippen LogP contribution in [0.4, 0.5) is 0 Å². The van der Waals surface area contributed by atoms with E-state index in [4.69, 9.17) is 0 Å². The van der Waals surface area contributed by atoms with E-state index in [-0.39, 0.29) is 5.75 Å². The molecule has 1 fully saturated rings. The molecule has 5 heteroatoms. The number of hydrogen-bond donors (Lipinski definition) is 0. The second-order valence-corrected chi connectivity index (χ2v) is 7.77. The van der Waals surface area contributed by atoms with Crippen LogP contribution in [-0.2, 0) is 16.6 Å². The molecule has 1 saturated heterocycles. The van der Waals surface area contributed by atoms with Crippen LogP contribution in [0, 0.1) is 0 Å². The topological polar surface area (TPSA) is 37.4 Å². The summed E-state index contributed by atoms with van der Waals surface area (Å²) < 4.78 is 26.2. The summed E-state index contributed by atoms with van der Waals surface area (Å²) in [6.07, 6.45) is 0. The molecule has 106 valence electrons. The van der Waals surface area contributed by atoms with E-state index in [1.807, 2.05) is 6.07 Å². The summed E-state index contributed by atoms with van der Waals surface area (Å²) in [7, 11) is -0.810. The predicted octanol–water partition coefficient (Wildman–Crippen LogP) is 1.30. The molecule has 1 aromatic rings. The van der Waals surface area contributed by atoms with Gasteiger partial charge >= 0.3 is 0 Å². The van der Waals surface area contributed by atoms with E-state index in [2.05, 4.69) is 31.3 Å². The Morgan fingerprint density at radius 3 is 2.26 bits per heavy atom. The Labute approximate surface area is 116 Å². The van der Waals surface area contributed by atoms with Crippen LogP contribution in [0.25, 0.3) is 0 Å². The lowest BCUT2D eigenvalue weighted by Crippen LogP contribution is -2.57. The van der Waals surface area contributed by atoms with Crippen molar-refractivity contribution in [2.24, 2.45) is 0 Å². The van der Waals surface area contributed by atoms with Gasteiger partial charge in [-0.2, -0.15) is 4.31 Å². The highest BCUT2D eigenvalue weighted by atomic mass is 32.2. The fourth-order valence-electron chi connectivity index (χ4n) is 2.57. The van der Waals surface area contributed by atoms with Crippen LogP contribution >= 0.6 is 0 Å². The highest BCUT2D eigenvalue weighted by Crippen LogP contribution is 2.17. The third-order valence-corrected chi connectivity index (χ3v) is 5.83. The fraction of sp³-hybridized carbons (Fsp3) is 0.571. The Bertz CT molecular complexity index is 506. The third kappa shape index (κ3) is 3.55. The molecule has 0 saturated carbocycles. The van der Waals surface area contributed by atoms with Crippen LogP contribution in [0.15, 0.2) is 30.3 Å². The van der Waals surface area contributed by atoms with Gasteiger partial charge in [-0.1, -0.05) is 30.3 Å². The first-order chi connectivity index (χ1) is 8.95. The number of benzene rings is 1. The second-order valence-electron chi connectivity index (χ2n) is 5.51. The Balaban J connectivity index is 1.99. The molecule has 1 aromatic carbocycles. The number of piperazine rings is 1. The molecule has 1 aliphatic heterocycles. The summed E-state index contributed by atoms with van der Waals surface area (Å²) in [5.74, 6) is 0.204. The van der Waals surface area contributed by atoms with Crippen LogP contribution in [0.1, 0.15) is 12.5 Å². The van der Waals surface area contributed by atoms with Gasteiger partial charge in [0.05, 0.1) is 39.0 Å². The van der Waals surface area contributed by atoms with Crippen molar-refractivity contribution in [1.29, 1.82) is 0 Å². The summed E-state index contributed by atoms with van der Waals surface area (Å²) in [4.78, 5) is 0. The minimum absolute atomic E-state index is 0.204. The van der Waals surface area contributed by atoms with Crippen LogP contribution in [0.2, 0.25) is 0 Å². The van der Waals surface area contributed by atoms with Crippen molar-refractivity contribution in [2.75, 3.05) is 39.0 Å². The van der Waals surface area contributed by atoms with Crippen LogP contribution < -0.4 is 0 Å². The Morgan fingerprint density at radius 1 is 1.16 bits per heavy atom. The van der Waals surface area contributed by atoms with Gasteiger partial charge in [-0.15, -0.1) is 0 Å². The maximum Gasteiger partial charge on any atom is 0.214 e. The molecular weight excluding hydrogens is 260 g/mol. The maximum absolute atomic E-state index is 11.8. The fourth-order valence-corrected chi connectivity index (χ4v) is 3.66. The summed E-state index contributed by atoms with van der Waals surface area (Å²) in [5, 5.41) is 0. The van der Waals surface area contributed by atoms with E-state index in [1.54, 1.807) is 11.2 Å². The van der Waals surface area contributed by atoms with Gasteiger partial charge in [0.15, 0.2) is 0 Å². The molecular formula is C14H23N2O2S+. The first kappa shape index (κ1) is 14.5. The van der Waals surface area contributed by atoms with Crippen molar-refractivity contribution >= 4 is 10.0 Å². The Kier molecular flexibility index (Phi) is 4.28. The normalized spacial score (nSPS) is 20.3. The van der Waals surface area contributed by atoms with E-state index < -0.39 is 10.0 Å². The Hall–Kier alpha value is -0.910. The van der Waals surface area contributed by atoms with Crippen molar-refractivity contribution < 1.29 is 12.9 Å². The highest BCUT2D eigenvalue weighted by Gasteiger charge is 2.33. The molecule has 0 unspecified atom stereocenters. The quantitative estimate of drug-likeness (QED) is 0.781. The van der Waals surface area contributed by atoms with Crippen molar-refractivity contribution in [3.05, 3.63) is 35.9 Å².